The van der Waals surface area contributed by atoms with Crippen LogP contribution in [0.2, 0.25) is 0 Å². The molecule has 0 spiro atoms. The van der Waals surface area contributed by atoms with E-state index in [9.17, 15) is 9.59 Å². The summed E-state index contributed by atoms with van der Waals surface area (Å²) in [4.78, 5) is 23.9. The largest absolute Gasteiger partial charge is 0.391 e. The molecule has 84 valence electrons. The van der Waals surface area contributed by atoms with Gasteiger partial charge in [-0.2, -0.15) is 0 Å². The lowest BCUT2D eigenvalue weighted by Crippen LogP contribution is -2.45. The van der Waals surface area contributed by atoms with Crippen LogP contribution in [0.3, 0.4) is 0 Å². The first-order chi connectivity index (χ1) is 7.24. The van der Waals surface area contributed by atoms with Crippen molar-refractivity contribution in [1.82, 2.24) is 4.90 Å². The van der Waals surface area contributed by atoms with Crippen LogP contribution in [0.15, 0.2) is 0 Å². The summed E-state index contributed by atoms with van der Waals surface area (Å²) in [5.41, 5.74) is 0. The van der Waals surface area contributed by atoms with Gasteiger partial charge in [0.05, 0.1) is 13.1 Å². The van der Waals surface area contributed by atoms with Crippen LogP contribution < -0.4 is 0 Å². The van der Waals surface area contributed by atoms with Crippen molar-refractivity contribution < 1.29 is 19.1 Å². The standard InChI is InChI=1S/C10H15NO4/c12-9-6-11(7-10(13)15-9)5-8-1-3-14-4-2-8/h8H,1-7H2. The third kappa shape index (κ3) is 3.00. The van der Waals surface area contributed by atoms with E-state index in [0.717, 1.165) is 32.6 Å². The molecule has 2 aliphatic rings. The lowest BCUT2D eigenvalue weighted by molar-refractivity contribution is -0.167. The van der Waals surface area contributed by atoms with Crippen molar-refractivity contribution in [1.29, 1.82) is 0 Å². The Morgan fingerprint density at radius 3 is 2.33 bits per heavy atom. The van der Waals surface area contributed by atoms with Gasteiger partial charge in [-0.15, -0.1) is 0 Å². The van der Waals surface area contributed by atoms with E-state index in [1.54, 1.807) is 0 Å². The number of nitrogens with zero attached hydrogens (tertiary/aromatic N) is 1. The van der Waals surface area contributed by atoms with Gasteiger partial charge in [-0.05, 0) is 18.8 Å². The number of carbonyl (C=O) groups excluding carboxylic acids is 2. The Labute approximate surface area is 88.3 Å². The Kier molecular flexibility index (Phi) is 3.33. The second-order valence-electron chi connectivity index (χ2n) is 4.07. The summed E-state index contributed by atoms with van der Waals surface area (Å²) in [6.07, 6.45) is 2.03. The van der Waals surface area contributed by atoms with Crippen molar-refractivity contribution in [2.24, 2.45) is 5.92 Å². The summed E-state index contributed by atoms with van der Waals surface area (Å²) in [6, 6.07) is 0. The minimum Gasteiger partial charge on any atom is -0.391 e. The molecular formula is C10H15NO4. The molecular weight excluding hydrogens is 198 g/mol. The highest BCUT2D eigenvalue weighted by molar-refractivity contribution is 5.90. The molecule has 2 fully saturated rings. The van der Waals surface area contributed by atoms with Crippen LogP contribution >= 0.6 is 0 Å². The van der Waals surface area contributed by atoms with E-state index >= 15 is 0 Å². The second kappa shape index (κ2) is 4.72. The van der Waals surface area contributed by atoms with Gasteiger partial charge < -0.3 is 9.47 Å². The highest BCUT2D eigenvalue weighted by atomic mass is 16.6. The number of carbonyl (C=O) groups is 2. The van der Waals surface area contributed by atoms with Gasteiger partial charge in [0.1, 0.15) is 0 Å². The summed E-state index contributed by atoms with van der Waals surface area (Å²) in [5.74, 6) is -0.325. The molecule has 5 heteroatoms. The van der Waals surface area contributed by atoms with Crippen LogP contribution in [0.5, 0.6) is 0 Å². The number of hydrogen-bond acceptors (Lipinski definition) is 5. The van der Waals surface area contributed by atoms with Crippen molar-refractivity contribution in [2.45, 2.75) is 12.8 Å². The molecule has 0 radical (unpaired) electrons. The highest BCUT2D eigenvalue weighted by Gasteiger charge is 2.27. The van der Waals surface area contributed by atoms with Gasteiger partial charge in [0.15, 0.2) is 0 Å². The zero-order valence-electron chi connectivity index (χ0n) is 8.61. The number of hydrogen-bond donors (Lipinski definition) is 0. The molecule has 2 saturated heterocycles. The fourth-order valence-electron chi connectivity index (χ4n) is 2.04. The van der Waals surface area contributed by atoms with E-state index in [1.165, 1.54) is 0 Å². The fraction of sp³-hybridized carbons (Fsp3) is 0.800. The quantitative estimate of drug-likeness (QED) is 0.469. The van der Waals surface area contributed by atoms with Crippen LogP contribution in [0.25, 0.3) is 0 Å². The Balaban J connectivity index is 1.82. The van der Waals surface area contributed by atoms with Crippen LogP contribution in [0.1, 0.15) is 12.8 Å². The number of rotatable bonds is 2. The predicted molar refractivity (Wildman–Crippen MR) is 51.1 cm³/mol. The molecule has 0 bridgehead atoms. The van der Waals surface area contributed by atoms with Gasteiger partial charge >= 0.3 is 11.9 Å². The monoisotopic (exact) mass is 213 g/mol. The maximum absolute atomic E-state index is 11.0. The molecule has 0 aromatic rings. The molecule has 0 amide bonds. The van der Waals surface area contributed by atoms with Crippen LogP contribution in [-0.2, 0) is 19.1 Å². The third-order valence-electron chi connectivity index (χ3n) is 2.79. The van der Waals surface area contributed by atoms with Gasteiger partial charge in [0.2, 0.25) is 0 Å². The van der Waals surface area contributed by atoms with Crippen molar-refractivity contribution in [3.05, 3.63) is 0 Å². The number of ether oxygens (including phenoxy) is 2. The van der Waals surface area contributed by atoms with Crippen LogP contribution in [0, 0.1) is 5.92 Å². The molecule has 0 aromatic heterocycles. The summed E-state index contributed by atoms with van der Waals surface area (Å²) in [6.45, 7) is 2.85. The van der Waals surface area contributed by atoms with Gasteiger partial charge in [-0.3, -0.25) is 14.5 Å². The Bertz CT molecular complexity index is 244. The lowest BCUT2D eigenvalue weighted by atomic mass is 9.99. The zero-order valence-corrected chi connectivity index (χ0v) is 8.61. The molecule has 2 aliphatic heterocycles. The molecule has 0 aromatic carbocycles. The van der Waals surface area contributed by atoms with Crippen molar-refractivity contribution in [3.8, 4) is 0 Å². The minimum absolute atomic E-state index is 0.239. The SMILES string of the molecule is O=C1CN(CC2CCOCC2)CC(=O)O1. The molecule has 0 aliphatic carbocycles. The molecule has 0 atom stereocenters. The van der Waals surface area contributed by atoms with Gasteiger partial charge in [-0.25, -0.2) is 0 Å². The summed E-state index contributed by atoms with van der Waals surface area (Å²) in [7, 11) is 0. The average Bonchev–Trinajstić information content (AvgIpc) is 2.17. The van der Waals surface area contributed by atoms with Crippen LogP contribution in [-0.4, -0.2) is 49.7 Å². The van der Waals surface area contributed by atoms with Crippen molar-refractivity contribution in [2.75, 3.05) is 32.8 Å². The summed E-state index contributed by atoms with van der Waals surface area (Å²) < 4.78 is 9.72. The van der Waals surface area contributed by atoms with Crippen molar-refractivity contribution in [3.63, 3.8) is 0 Å². The highest BCUT2D eigenvalue weighted by Crippen LogP contribution is 2.16. The van der Waals surface area contributed by atoms with E-state index in [2.05, 4.69) is 4.74 Å². The molecule has 0 saturated carbocycles. The third-order valence-corrected chi connectivity index (χ3v) is 2.79. The molecule has 0 N–H and O–H groups in total. The first-order valence-electron chi connectivity index (χ1n) is 5.27. The first kappa shape index (κ1) is 10.6. The molecule has 0 unspecified atom stereocenters. The average molecular weight is 213 g/mol. The zero-order chi connectivity index (χ0) is 10.7. The number of cyclic esters (lactones) is 2. The van der Waals surface area contributed by atoms with E-state index in [0.29, 0.717) is 5.92 Å². The Morgan fingerprint density at radius 1 is 1.13 bits per heavy atom. The van der Waals surface area contributed by atoms with E-state index in [1.807, 2.05) is 4.90 Å². The lowest BCUT2D eigenvalue weighted by Gasteiger charge is -2.30. The number of esters is 2. The van der Waals surface area contributed by atoms with E-state index in [-0.39, 0.29) is 13.1 Å². The fourth-order valence-corrected chi connectivity index (χ4v) is 2.04. The topological polar surface area (TPSA) is 55.8 Å². The maximum Gasteiger partial charge on any atom is 0.327 e. The molecule has 2 heterocycles. The first-order valence-corrected chi connectivity index (χ1v) is 5.27. The van der Waals surface area contributed by atoms with Crippen molar-refractivity contribution >= 4 is 11.9 Å². The molecule has 2 rings (SSSR count). The Morgan fingerprint density at radius 2 is 1.73 bits per heavy atom. The van der Waals surface area contributed by atoms with Gasteiger partial charge in [0, 0.05) is 19.8 Å². The smallest absolute Gasteiger partial charge is 0.327 e. The van der Waals surface area contributed by atoms with E-state index < -0.39 is 11.9 Å². The summed E-state index contributed by atoms with van der Waals surface area (Å²) >= 11 is 0. The normalized spacial score (nSPS) is 25.3. The van der Waals surface area contributed by atoms with Gasteiger partial charge in [0.25, 0.3) is 0 Å². The molecule has 15 heavy (non-hydrogen) atoms. The predicted octanol–water partition coefficient (Wildman–Crippen LogP) is -0.202. The summed E-state index contributed by atoms with van der Waals surface area (Å²) in [5, 5.41) is 0. The van der Waals surface area contributed by atoms with Crippen LogP contribution in [0.4, 0.5) is 0 Å². The number of morpholine rings is 1. The Hall–Kier alpha value is -0.940. The second-order valence-corrected chi connectivity index (χ2v) is 4.07. The molecule has 5 nitrogen and oxygen atoms in total. The van der Waals surface area contributed by atoms with E-state index in [4.69, 9.17) is 4.74 Å². The van der Waals surface area contributed by atoms with Gasteiger partial charge in [-0.1, -0.05) is 0 Å². The maximum atomic E-state index is 11.0. The minimum atomic E-state index is -0.432.